The number of anilines is 2. The highest BCUT2D eigenvalue weighted by atomic mass is 32.1. The molecule has 9 heteroatoms. The zero-order valence-electron chi connectivity index (χ0n) is 15.4. The van der Waals surface area contributed by atoms with E-state index < -0.39 is 5.92 Å². The third-order valence-corrected chi connectivity index (χ3v) is 6.08. The second-order valence-corrected chi connectivity index (χ2v) is 8.16. The van der Waals surface area contributed by atoms with Gasteiger partial charge in [0.15, 0.2) is 10.8 Å². The molecule has 0 radical (unpaired) electrons. The molecule has 1 saturated carbocycles. The molecule has 0 spiro atoms. The molecular weight excluding hydrogens is 372 g/mol. The first-order chi connectivity index (χ1) is 12.9. The second-order valence-electron chi connectivity index (χ2n) is 7.31. The summed E-state index contributed by atoms with van der Waals surface area (Å²) in [5.74, 6) is -0.542. The third-order valence-electron chi connectivity index (χ3n) is 5.12. The molecule has 2 aromatic rings. The molecule has 1 saturated heterocycles. The van der Waals surface area contributed by atoms with Crippen LogP contribution in [-0.2, 0) is 4.74 Å². The molecule has 2 aromatic heterocycles. The molecule has 3 heterocycles. The number of ether oxygens (including phenoxy) is 1. The molecule has 2 aliphatic rings. The van der Waals surface area contributed by atoms with E-state index >= 15 is 0 Å². The minimum Gasteiger partial charge on any atom is -0.377 e. The van der Waals surface area contributed by atoms with Crippen molar-refractivity contribution in [2.45, 2.75) is 50.6 Å². The number of nitrogens with zero attached hydrogens (tertiary/aromatic N) is 4. The summed E-state index contributed by atoms with van der Waals surface area (Å²) < 4.78 is 32.1. The highest BCUT2D eigenvalue weighted by Gasteiger charge is 2.35. The van der Waals surface area contributed by atoms with Crippen LogP contribution in [0.3, 0.4) is 0 Å². The van der Waals surface area contributed by atoms with Crippen LogP contribution in [0.15, 0.2) is 11.4 Å². The molecule has 2 fully saturated rings. The van der Waals surface area contributed by atoms with Gasteiger partial charge in [0.2, 0.25) is 5.92 Å². The number of likely N-dealkylation sites (N-methyl/N-ethyl adjacent to an activating group) is 1. The summed E-state index contributed by atoms with van der Waals surface area (Å²) in [6.45, 7) is 3.28. The Bertz CT molecular complexity index is 801. The Morgan fingerprint density at radius 3 is 2.56 bits per heavy atom. The van der Waals surface area contributed by atoms with Gasteiger partial charge in [-0.25, -0.2) is 23.7 Å². The monoisotopic (exact) mass is 395 g/mol. The lowest BCUT2D eigenvalue weighted by Gasteiger charge is -2.35. The fourth-order valence-corrected chi connectivity index (χ4v) is 4.00. The van der Waals surface area contributed by atoms with Crippen LogP contribution in [0.1, 0.15) is 31.4 Å². The lowest BCUT2D eigenvalue weighted by molar-refractivity contribution is -0.0361. The predicted molar refractivity (Wildman–Crippen MR) is 102 cm³/mol. The van der Waals surface area contributed by atoms with E-state index in [2.05, 4.69) is 25.2 Å². The van der Waals surface area contributed by atoms with E-state index in [9.17, 15) is 8.78 Å². The van der Waals surface area contributed by atoms with Crippen molar-refractivity contribution in [1.29, 1.82) is 0 Å². The molecule has 27 heavy (non-hydrogen) atoms. The Kier molecular flexibility index (Phi) is 4.98. The van der Waals surface area contributed by atoms with Gasteiger partial charge in [-0.15, -0.1) is 11.3 Å². The van der Waals surface area contributed by atoms with Gasteiger partial charge in [0.1, 0.15) is 11.6 Å². The summed E-state index contributed by atoms with van der Waals surface area (Å²) in [5.41, 5.74) is 0.925. The normalized spacial score (nSPS) is 20.3. The Morgan fingerprint density at radius 1 is 1.22 bits per heavy atom. The number of halogens is 2. The van der Waals surface area contributed by atoms with Crippen LogP contribution in [0.25, 0.3) is 10.8 Å². The van der Waals surface area contributed by atoms with Gasteiger partial charge in [-0.2, -0.15) is 0 Å². The summed E-state index contributed by atoms with van der Waals surface area (Å²) >= 11 is 1.50. The molecular formula is C18H23F2N5OS. The van der Waals surface area contributed by atoms with Crippen molar-refractivity contribution in [3.05, 3.63) is 17.1 Å². The van der Waals surface area contributed by atoms with Crippen LogP contribution in [0.4, 0.5) is 20.4 Å². The minimum atomic E-state index is -2.54. The number of thiazole rings is 1. The van der Waals surface area contributed by atoms with Crippen LogP contribution in [0.5, 0.6) is 0 Å². The van der Waals surface area contributed by atoms with Crippen molar-refractivity contribution >= 4 is 23.0 Å². The number of rotatable bonds is 5. The summed E-state index contributed by atoms with van der Waals surface area (Å²) in [6, 6.07) is 2.16. The van der Waals surface area contributed by atoms with Crippen molar-refractivity contribution in [2.24, 2.45) is 0 Å². The van der Waals surface area contributed by atoms with Gasteiger partial charge in [0, 0.05) is 43.1 Å². The Labute approximate surface area is 161 Å². The maximum atomic E-state index is 13.4. The van der Waals surface area contributed by atoms with E-state index in [1.165, 1.54) is 11.3 Å². The van der Waals surface area contributed by atoms with E-state index in [1.54, 1.807) is 0 Å². The Morgan fingerprint density at radius 2 is 1.96 bits per heavy atom. The van der Waals surface area contributed by atoms with E-state index in [0.29, 0.717) is 37.7 Å². The molecule has 0 unspecified atom stereocenters. The molecule has 1 aliphatic heterocycles. The van der Waals surface area contributed by atoms with Gasteiger partial charge in [-0.05, 0) is 19.8 Å². The summed E-state index contributed by atoms with van der Waals surface area (Å²) in [7, 11) is 1.98. The molecule has 6 nitrogen and oxygen atoms in total. The minimum absolute atomic E-state index is 0.00408. The highest BCUT2D eigenvalue weighted by molar-refractivity contribution is 7.13. The van der Waals surface area contributed by atoms with E-state index in [4.69, 9.17) is 4.74 Å². The van der Waals surface area contributed by atoms with E-state index in [1.807, 2.05) is 25.4 Å². The highest BCUT2D eigenvalue weighted by Crippen LogP contribution is 2.35. The van der Waals surface area contributed by atoms with Crippen molar-refractivity contribution in [1.82, 2.24) is 15.0 Å². The third kappa shape index (κ3) is 4.19. The first-order valence-electron chi connectivity index (χ1n) is 9.16. The predicted octanol–water partition coefficient (Wildman–Crippen LogP) is 3.73. The maximum absolute atomic E-state index is 13.4. The number of hydrogen-bond donors (Lipinski definition) is 1. The number of hydrogen-bond acceptors (Lipinski definition) is 7. The van der Waals surface area contributed by atoms with Crippen LogP contribution in [-0.4, -0.2) is 53.2 Å². The average molecular weight is 395 g/mol. The molecule has 4 rings (SSSR count). The van der Waals surface area contributed by atoms with Gasteiger partial charge in [0.05, 0.1) is 19.3 Å². The maximum Gasteiger partial charge on any atom is 0.248 e. The number of nitrogens with one attached hydrogen (secondary N) is 1. The summed E-state index contributed by atoms with van der Waals surface area (Å²) in [5, 5.41) is 6.06. The molecule has 1 aliphatic carbocycles. The van der Waals surface area contributed by atoms with Crippen LogP contribution < -0.4 is 10.2 Å². The lowest BCUT2D eigenvalue weighted by atomic mass is 9.92. The fraction of sp³-hybridized carbons (Fsp3) is 0.611. The van der Waals surface area contributed by atoms with Gasteiger partial charge < -0.3 is 15.0 Å². The topological polar surface area (TPSA) is 63.2 Å². The summed E-state index contributed by atoms with van der Waals surface area (Å²) in [6.07, 6.45) is 0.704. The first kappa shape index (κ1) is 18.5. The number of alkyl halides is 2. The standard InChI is InChI=1S/C18H23F2N5OS/c1-11-10-27-17(21-11)16-23-14(22-12-3-5-18(19,20)6-4-12)7-15(24-16)25(2)13-8-26-9-13/h7,10,12-13H,3-6,8-9H2,1-2H3,(H,22,23,24). The average Bonchev–Trinajstić information content (AvgIpc) is 3.01. The first-order valence-corrected chi connectivity index (χ1v) is 10.0. The zero-order valence-corrected chi connectivity index (χ0v) is 16.2. The number of aromatic nitrogens is 3. The fourth-order valence-electron chi connectivity index (χ4n) is 3.27. The van der Waals surface area contributed by atoms with Crippen LogP contribution in [0.2, 0.25) is 0 Å². The molecule has 0 bridgehead atoms. The van der Waals surface area contributed by atoms with Gasteiger partial charge in [-0.3, -0.25) is 0 Å². The zero-order chi connectivity index (χ0) is 19.0. The molecule has 0 amide bonds. The van der Waals surface area contributed by atoms with Gasteiger partial charge in [-0.1, -0.05) is 0 Å². The lowest BCUT2D eigenvalue weighted by Crippen LogP contribution is -2.47. The van der Waals surface area contributed by atoms with Gasteiger partial charge in [0.25, 0.3) is 0 Å². The second kappa shape index (κ2) is 7.27. The molecule has 0 atom stereocenters. The van der Waals surface area contributed by atoms with E-state index in [0.717, 1.165) is 16.5 Å². The van der Waals surface area contributed by atoms with Crippen molar-refractivity contribution in [2.75, 3.05) is 30.5 Å². The molecule has 1 N–H and O–H groups in total. The van der Waals surface area contributed by atoms with Crippen LogP contribution in [0, 0.1) is 6.92 Å². The quantitative estimate of drug-likeness (QED) is 0.832. The molecule has 0 aromatic carbocycles. The van der Waals surface area contributed by atoms with Crippen molar-refractivity contribution in [3.63, 3.8) is 0 Å². The van der Waals surface area contributed by atoms with Crippen molar-refractivity contribution < 1.29 is 13.5 Å². The Balaban J connectivity index is 1.59. The largest absolute Gasteiger partial charge is 0.377 e. The van der Waals surface area contributed by atoms with Gasteiger partial charge >= 0.3 is 0 Å². The number of aryl methyl sites for hydroxylation is 1. The Hall–Kier alpha value is -1.87. The SMILES string of the molecule is Cc1csc(-c2nc(NC3CCC(F)(F)CC3)cc(N(C)C3COC3)n2)n1. The molecule has 146 valence electrons. The van der Waals surface area contributed by atoms with E-state index in [-0.39, 0.29) is 24.9 Å². The van der Waals surface area contributed by atoms with Crippen LogP contribution >= 0.6 is 11.3 Å². The van der Waals surface area contributed by atoms with Crippen molar-refractivity contribution in [3.8, 4) is 10.8 Å². The smallest absolute Gasteiger partial charge is 0.248 e. The summed E-state index contributed by atoms with van der Waals surface area (Å²) in [4.78, 5) is 15.9.